The first-order valence-electron chi connectivity index (χ1n) is 4.77. The summed E-state index contributed by atoms with van der Waals surface area (Å²) in [4.78, 5) is 4.43. The van der Waals surface area contributed by atoms with Gasteiger partial charge in [-0.15, -0.1) is 0 Å². The number of hydrogen-bond donors (Lipinski definition) is 1. The first-order valence-corrected chi connectivity index (χ1v) is 5.40. The zero-order valence-electron chi connectivity index (χ0n) is 8.49. The molecule has 0 unspecified atom stereocenters. The molecule has 0 bridgehead atoms. The quantitative estimate of drug-likeness (QED) is 0.524. The Morgan fingerprint density at radius 1 is 1.27 bits per heavy atom. The summed E-state index contributed by atoms with van der Waals surface area (Å²) in [5.41, 5.74) is 3.07. The van der Waals surface area contributed by atoms with Crippen LogP contribution in [0.4, 0.5) is 0 Å². The Morgan fingerprint density at radius 3 is 2.93 bits per heavy atom. The molecule has 0 atom stereocenters. The van der Waals surface area contributed by atoms with Crippen molar-refractivity contribution in [2.45, 2.75) is 6.92 Å². The lowest BCUT2D eigenvalue weighted by molar-refractivity contribution is 1.25. The van der Waals surface area contributed by atoms with Gasteiger partial charge in [-0.2, -0.15) is 12.6 Å². The molecule has 0 aliphatic carbocycles. The highest BCUT2D eigenvalue weighted by Crippen LogP contribution is 2.14. The van der Waals surface area contributed by atoms with Crippen molar-refractivity contribution in [2.24, 2.45) is 0 Å². The number of nitrogens with zero attached hydrogens (tertiary/aromatic N) is 1. The number of rotatable bonds is 0. The van der Waals surface area contributed by atoms with Crippen LogP contribution in [0.1, 0.15) is 11.3 Å². The standard InChI is InChI=1S/C13H11NS/c1-10-4-6-12-9-11(3-2-8-15)5-7-13(12)14-10/h4-7,9,15H,8H2,1H3. The molecule has 2 aromatic rings. The van der Waals surface area contributed by atoms with Crippen LogP contribution in [0.5, 0.6) is 0 Å². The highest BCUT2D eigenvalue weighted by molar-refractivity contribution is 7.80. The van der Waals surface area contributed by atoms with E-state index < -0.39 is 0 Å². The van der Waals surface area contributed by atoms with Crippen molar-refractivity contribution in [2.75, 3.05) is 5.75 Å². The van der Waals surface area contributed by atoms with E-state index in [0.717, 1.165) is 22.2 Å². The van der Waals surface area contributed by atoms with Gasteiger partial charge in [0.25, 0.3) is 0 Å². The maximum absolute atomic E-state index is 4.43. The molecule has 2 heteroatoms. The number of thiol groups is 1. The van der Waals surface area contributed by atoms with Gasteiger partial charge in [-0.3, -0.25) is 4.98 Å². The smallest absolute Gasteiger partial charge is 0.0706 e. The van der Waals surface area contributed by atoms with Crippen LogP contribution in [0.25, 0.3) is 10.9 Å². The zero-order valence-corrected chi connectivity index (χ0v) is 9.38. The molecule has 0 N–H and O–H groups in total. The molecule has 74 valence electrons. The minimum absolute atomic E-state index is 0.587. The van der Waals surface area contributed by atoms with Gasteiger partial charge in [0.1, 0.15) is 0 Å². The van der Waals surface area contributed by atoms with Crippen LogP contribution in [-0.2, 0) is 0 Å². The number of hydrogen-bond acceptors (Lipinski definition) is 2. The van der Waals surface area contributed by atoms with Gasteiger partial charge in [-0.05, 0) is 31.2 Å². The second-order valence-corrected chi connectivity index (χ2v) is 3.64. The Balaban J connectivity index is 2.52. The second-order valence-electron chi connectivity index (χ2n) is 3.32. The molecule has 0 saturated carbocycles. The van der Waals surface area contributed by atoms with Gasteiger partial charge in [0.15, 0.2) is 0 Å². The number of aryl methyl sites for hydroxylation is 1. The predicted molar refractivity (Wildman–Crippen MR) is 67.2 cm³/mol. The third-order valence-corrected chi connectivity index (χ3v) is 2.30. The fourth-order valence-corrected chi connectivity index (χ4v) is 1.53. The molecule has 0 aliphatic rings. The predicted octanol–water partition coefficient (Wildman–Crippen LogP) is 2.82. The molecule has 0 saturated heterocycles. The minimum Gasteiger partial charge on any atom is -0.253 e. The van der Waals surface area contributed by atoms with Gasteiger partial charge in [-0.1, -0.05) is 17.9 Å². The van der Waals surface area contributed by atoms with E-state index in [1.54, 1.807) is 0 Å². The van der Waals surface area contributed by atoms with Crippen molar-refractivity contribution in [1.29, 1.82) is 0 Å². The average Bonchev–Trinajstić information content (AvgIpc) is 2.26. The Kier molecular flexibility index (Phi) is 2.94. The van der Waals surface area contributed by atoms with Crippen molar-refractivity contribution >= 4 is 23.5 Å². The monoisotopic (exact) mass is 213 g/mol. The van der Waals surface area contributed by atoms with Crippen molar-refractivity contribution in [1.82, 2.24) is 4.98 Å². The molecule has 1 nitrogen and oxygen atoms in total. The Labute approximate surface area is 94.9 Å². The van der Waals surface area contributed by atoms with Gasteiger partial charge in [0.05, 0.1) is 11.3 Å². The van der Waals surface area contributed by atoms with Crippen LogP contribution in [0, 0.1) is 18.8 Å². The molecular weight excluding hydrogens is 202 g/mol. The van der Waals surface area contributed by atoms with Gasteiger partial charge in [-0.25, -0.2) is 0 Å². The van der Waals surface area contributed by atoms with Crippen LogP contribution in [-0.4, -0.2) is 10.7 Å². The Hall–Kier alpha value is -1.46. The first kappa shape index (κ1) is 10.1. The first-order chi connectivity index (χ1) is 7.29. The fourth-order valence-electron chi connectivity index (χ4n) is 1.45. The molecule has 0 fully saturated rings. The molecular formula is C13H11NS. The molecule has 1 aromatic carbocycles. The summed E-state index contributed by atoms with van der Waals surface area (Å²) < 4.78 is 0. The van der Waals surface area contributed by atoms with E-state index in [4.69, 9.17) is 0 Å². The number of pyridine rings is 1. The lowest BCUT2D eigenvalue weighted by Crippen LogP contribution is -1.83. The maximum atomic E-state index is 4.43. The maximum Gasteiger partial charge on any atom is 0.0706 e. The minimum atomic E-state index is 0.587. The average molecular weight is 213 g/mol. The number of benzene rings is 1. The summed E-state index contributed by atoms with van der Waals surface area (Å²) in [6.07, 6.45) is 0. The molecule has 0 radical (unpaired) electrons. The summed E-state index contributed by atoms with van der Waals surface area (Å²) in [7, 11) is 0. The lowest BCUT2D eigenvalue weighted by Gasteiger charge is -1.98. The van der Waals surface area contributed by atoms with Gasteiger partial charge in [0.2, 0.25) is 0 Å². The van der Waals surface area contributed by atoms with Crippen LogP contribution < -0.4 is 0 Å². The highest BCUT2D eigenvalue weighted by Gasteiger charge is 1.95. The van der Waals surface area contributed by atoms with Crippen molar-refractivity contribution in [3.8, 4) is 11.8 Å². The van der Waals surface area contributed by atoms with Crippen LogP contribution in [0.3, 0.4) is 0 Å². The van der Waals surface area contributed by atoms with E-state index in [0.29, 0.717) is 5.75 Å². The van der Waals surface area contributed by atoms with E-state index in [2.05, 4.69) is 41.6 Å². The summed E-state index contributed by atoms with van der Waals surface area (Å²) in [5, 5.41) is 1.13. The molecule has 15 heavy (non-hydrogen) atoms. The van der Waals surface area contributed by atoms with Crippen LogP contribution in [0.2, 0.25) is 0 Å². The molecule has 0 amide bonds. The Morgan fingerprint density at radius 2 is 2.13 bits per heavy atom. The largest absolute Gasteiger partial charge is 0.253 e. The number of aromatic nitrogens is 1. The third kappa shape index (κ3) is 2.31. The van der Waals surface area contributed by atoms with E-state index >= 15 is 0 Å². The molecule has 1 heterocycles. The van der Waals surface area contributed by atoms with Crippen LogP contribution >= 0.6 is 12.6 Å². The van der Waals surface area contributed by atoms with E-state index in [9.17, 15) is 0 Å². The summed E-state index contributed by atoms with van der Waals surface area (Å²) in [6, 6.07) is 10.1. The van der Waals surface area contributed by atoms with Crippen molar-refractivity contribution in [3.63, 3.8) is 0 Å². The van der Waals surface area contributed by atoms with Crippen molar-refractivity contribution in [3.05, 3.63) is 41.6 Å². The van der Waals surface area contributed by atoms with E-state index in [1.165, 1.54) is 0 Å². The van der Waals surface area contributed by atoms with Gasteiger partial charge in [0, 0.05) is 16.6 Å². The molecule has 1 aromatic heterocycles. The molecule has 0 spiro atoms. The van der Waals surface area contributed by atoms with E-state index in [-0.39, 0.29) is 0 Å². The molecule has 0 aliphatic heterocycles. The SMILES string of the molecule is Cc1ccc2cc(C#CCS)ccc2n1. The highest BCUT2D eigenvalue weighted by atomic mass is 32.1. The van der Waals surface area contributed by atoms with Gasteiger partial charge < -0.3 is 0 Å². The van der Waals surface area contributed by atoms with Crippen molar-refractivity contribution < 1.29 is 0 Å². The van der Waals surface area contributed by atoms with Gasteiger partial charge >= 0.3 is 0 Å². The zero-order chi connectivity index (χ0) is 10.7. The summed E-state index contributed by atoms with van der Waals surface area (Å²) in [6.45, 7) is 1.99. The second kappa shape index (κ2) is 4.37. The molecule has 2 rings (SSSR count). The van der Waals surface area contributed by atoms with Crippen LogP contribution in [0.15, 0.2) is 30.3 Å². The third-order valence-electron chi connectivity index (χ3n) is 2.14. The topological polar surface area (TPSA) is 12.9 Å². The fraction of sp³-hybridized carbons (Fsp3) is 0.154. The normalized spacial score (nSPS) is 9.73. The summed E-state index contributed by atoms with van der Waals surface area (Å²) in [5.74, 6) is 6.57. The Bertz CT molecular complexity index is 549. The van der Waals surface area contributed by atoms with E-state index in [1.807, 2.05) is 25.1 Å². The summed E-state index contributed by atoms with van der Waals surface area (Å²) >= 11 is 4.05. The lowest BCUT2D eigenvalue weighted by atomic mass is 10.1. The number of fused-ring (bicyclic) bond motifs is 1.